The van der Waals surface area contributed by atoms with E-state index in [0.29, 0.717) is 19.5 Å². The largest absolute Gasteiger partial charge is 0.376 e. The third kappa shape index (κ3) is 3.19. The minimum atomic E-state index is -0.409. The van der Waals surface area contributed by atoms with Crippen LogP contribution in [0.4, 0.5) is 0 Å². The van der Waals surface area contributed by atoms with Crippen LogP contribution in [-0.4, -0.2) is 48.6 Å². The van der Waals surface area contributed by atoms with E-state index in [1.54, 1.807) is 11.8 Å². The van der Waals surface area contributed by atoms with Crippen LogP contribution in [0.1, 0.15) is 32.6 Å². The molecule has 0 aromatic heterocycles. The molecule has 0 saturated carbocycles. The first-order valence-corrected chi connectivity index (χ1v) is 6.36. The van der Waals surface area contributed by atoms with Crippen molar-refractivity contribution in [3.63, 3.8) is 0 Å². The Balaban J connectivity index is 1.93. The molecule has 0 radical (unpaired) electrons. The van der Waals surface area contributed by atoms with Crippen molar-refractivity contribution >= 4 is 11.8 Å². The molecule has 2 rings (SSSR count). The molecule has 0 aromatic rings. The van der Waals surface area contributed by atoms with E-state index in [1.165, 1.54) is 6.42 Å². The molecule has 5 heteroatoms. The normalized spacial score (nSPS) is 31.0. The summed E-state index contributed by atoms with van der Waals surface area (Å²) in [7, 11) is 0. The van der Waals surface area contributed by atoms with Crippen LogP contribution in [0.25, 0.3) is 0 Å². The van der Waals surface area contributed by atoms with Crippen molar-refractivity contribution in [2.75, 3.05) is 19.7 Å². The van der Waals surface area contributed by atoms with Crippen molar-refractivity contribution in [3.8, 4) is 0 Å². The van der Waals surface area contributed by atoms with Crippen LogP contribution in [0.15, 0.2) is 0 Å². The first-order valence-electron chi connectivity index (χ1n) is 6.36. The van der Waals surface area contributed by atoms with Gasteiger partial charge in [-0.3, -0.25) is 9.59 Å². The quantitative estimate of drug-likeness (QED) is 0.755. The van der Waals surface area contributed by atoms with E-state index in [0.717, 1.165) is 19.4 Å². The van der Waals surface area contributed by atoms with E-state index in [9.17, 15) is 9.59 Å². The maximum atomic E-state index is 12.0. The number of carbonyl (C=O) groups excluding carboxylic acids is 2. The first-order chi connectivity index (χ1) is 8.16. The Morgan fingerprint density at radius 2 is 2.24 bits per heavy atom. The average molecular weight is 240 g/mol. The molecule has 2 atom stereocenters. The zero-order chi connectivity index (χ0) is 12.3. The standard InChI is InChI=1S/C12H20N2O3/c1-9-12(16)14(6-5-11(15)13-9)8-10-4-2-3-7-17-10/h9-10H,2-8H2,1H3,(H,13,15). The third-order valence-electron chi connectivity index (χ3n) is 3.37. The Kier molecular flexibility index (Phi) is 3.99. The Bertz CT molecular complexity index is 300. The SMILES string of the molecule is CC1NC(=O)CCN(CC2CCCCO2)C1=O. The summed E-state index contributed by atoms with van der Waals surface area (Å²) in [6.45, 7) is 3.66. The summed E-state index contributed by atoms with van der Waals surface area (Å²) in [5.74, 6) is -0.0389. The van der Waals surface area contributed by atoms with E-state index >= 15 is 0 Å². The van der Waals surface area contributed by atoms with E-state index < -0.39 is 6.04 Å². The number of hydrogen-bond donors (Lipinski definition) is 1. The first kappa shape index (κ1) is 12.4. The van der Waals surface area contributed by atoms with Gasteiger partial charge in [-0.05, 0) is 26.2 Å². The predicted molar refractivity (Wildman–Crippen MR) is 62.4 cm³/mol. The van der Waals surface area contributed by atoms with Crippen molar-refractivity contribution in [1.82, 2.24) is 10.2 Å². The molecule has 2 aliphatic heterocycles. The smallest absolute Gasteiger partial charge is 0.244 e. The summed E-state index contributed by atoms with van der Waals surface area (Å²) >= 11 is 0. The summed E-state index contributed by atoms with van der Waals surface area (Å²) in [6, 6.07) is -0.409. The molecule has 2 aliphatic rings. The van der Waals surface area contributed by atoms with Crippen molar-refractivity contribution < 1.29 is 14.3 Å². The Labute approximate surface area is 101 Å². The van der Waals surface area contributed by atoms with Crippen LogP contribution in [0.5, 0.6) is 0 Å². The molecule has 2 heterocycles. The van der Waals surface area contributed by atoms with Gasteiger partial charge in [-0.15, -0.1) is 0 Å². The van der Waals surface area contributed by atoms with Gasteiger partial charge in [-0.25, -0.2) is 0 Å². The summed E-state index contributed by atoms with van der Waals surface area (Å²) in [5, 5.41) is 2.69. The molecule has 2 fully saturated rings. The fraction of sp³-hybridized carbons (Fsp3) is 0.833. The highest BCUT2D eigenvalue weighted by atomic mass is 16.5. The highest BCUT2D eigenvalue weighted by Crippen LogP contribution is 2.15. The number of hydrogen-bond acceptors (Lipinski definition) is 3. The maximum absolute atomic E-state index is 12.0. The van der Waals surface area contributed by atoms with Gasteiger partial charge in [-0.2, -0.15) is 0 Å². The van der Waals surface area contributed by atoms with Crippen LogP contribution < -0.4 is 5.32 Å². The van der Waals surface area contributed by atoms with Crippen molar-refractivity contribution in [3.05, 3.63) is 0 Å². The Morgan fingerprint density at radius 1 is 1.41 bits per heavy atom. The second kappa shape index (κ2) is 5.49. The van der Waals surface area contributed by atoms with Crippen LogP contribution in [-0.2, 0) is 14.3 Å². The zero-order valence-electron chi connectivity index (χ0n) is 10.3. The third-order valence-corrected chi connectivity index (χ3v) is 3.37. The van der Waals surface area contributed by atoms with Gasteiger partial charge in [0.05, 0.1) is 6.10 Å². The van der Waals surface area contributed by atoms with Gasteiger partial charge in [0.1, 0.15) is 6.04 Å². The average Bonchev–Trinajstić information content (AvgIpc) is 2.44. The highest BCUT2D eigenvalue weighted by Gasteiger charge is 2.28. The fourth-order valence-corrected chi connectivity index (χ4v) is 2.37. The highest BCUT2D eigenvalue weighted by molar-refractivity contribution is 5.89. The zero-order valence-corrected chi connectivity index (χ0v) is 10.3. The molecule has 0 aromatic carbocycles. The molecule has 0 spiro atoms. The summed E-state index contributed by atoms with van der Waals surface area (Å²) in [5.41, 5.74) is 0. The number of amides is 2. The molecule has 0 bridgehead atoms. The molecule has 17 heavy (non-hydrogen) atoms. The van der Waals surface area contributed by atoms with Crippen molar-refractivity contribution in [1.29, 1.82) is 0 Å². The van der Waals surface area contributed by atoms with E-state index in [4.69, 9.17) is 4.74 Å². The molecule has 2 saturated heterocycles. The van der Waals surface area contributed by atoms with E-state index in [-0.39, 0.29) is 17.9 Å². The van der Waals surface area contributed by atoms with Gasteiger partial charge in [0.15, 0.2) is 0 Å². The van der Waals surface area contributed by atoms with Gasteiger partial charge >= 0.3 is 0 Å². The summed E-state index contributed by atoms with van der Waals surface area (Å²) in [6.07, 6.45) is 3.83. The fourth-order valence-electron chi connectivity index (χ4n) is 2.37. The lowest BCUT2D eigenvalue weighted by Gasteiger charge is -2.29. The predicted octanol–water partition coefficient (Wildman–Crippen LogP) is 0.292. The van der Waals surface area contributed by atoms with E-state index in [2.05, 4.69) is 5.32 Å². The molecule has 5 nitrogen and oxygen atoms in total. The maximum Gasteiger partial charge on any atom is 0.244 e. The Morgan fingerprint density at radius 3 is 2.94 bits per heavy atom. The van der Waals surface area contributed by atoms with Crippen LogP contribution in [0.3, 0.4) is 0 Å². The second-order valence-corrected chi connectivity index (χ2v) is 4.81. The number of nitrogens with one attached hydrogen (secondary N) is 1. The number of ether oxygens (including phenoxy) is 1. The van der Waals surface area contributed by atoms with Gasteiger partial charge in [-0.1, -0.05) is 0 Å². The molecular weight excluding hydrogens is 220 g/mol. The number of nitrogens with zero attached hydrogens (tertiary/aromatic N) is 1. The molecule has 1 N–H and O–H groups in total. The van der Waals surface area contributed by atoms with Gasteiger partial charge in [0, 0.05) is 26.1 Å². The lowest BCUT2D eigenvalue weighted by molar-refractivity contribution is -0.135. The van der Waals surface area contributed by atoms with Crippen molar-refractivity contribution in [2.45, 2.75) is 44.8 Å². The minimum Gasteiger partial charge on any atom is -0.376 e. The Hall–Kier alpha value is -1.10. The van der Waals surface area contributed by atoms with Crippen LogP contribution in [0.2, 0.25) is 0 Å². The molecule has 96 valence electrons. The van der Waals surface area contributed by atoms with Gasteiger partial charge < -0.3 is 15.0 Å². The van der Waals surface area contributed by atoms with Crippen molar-refractivity contribution in [2.24, 2.45) is 0 Å². The topological polar surface area (TPSA) is 58.6 Å². The number of rotatable bonds is 2. The monoisotopic (exact) mass is 240 g/mol. The van der Waals surface area contributed by atoms with Crippen LogP contribution >= 0.6 is 0 Å². The minimum absolute atomic E-state index is 0.00465. The lowest BCUT2D eigenvalue weighted by Crippen LogP contribution is -2.46. The molecular formula is C12H20N2O3. The summed E-state index contributed by atoms with van der Waals surface area (Å²) < 4.78 is 5.63. The lowest BCUT2D eigenvalue weighted by atomic mass is 10.1. The molecule has 0 aliphatic carbocycles. The number of carbonyl (C=O) groups is 2. The van der Waals surface area contributed by atoms with Crippen LogP contribution in [0, 0.1) is 0 Å². The van der Waals surface area contributed by atoms with Gasteiger partial charge in [0.2, 0.25) is 11.8 Å². The summed E-state index contributed by atoms with van der Waals surface area (Å²) in [4.78, 5) is 25.1. The second-order valence-electron chi connectivity index (χ2n) is 4.81. The molecule has 2 unspecified atom stereocenters. The van der Waals surface area contributed by atoms with E-state index in [1.807, 2.05) is 0 Å². The van der Waals surface area contributed by atoms with Gasteiger partial charge in [0.25, 0.3) is 0 Å². The molecule has 2 amide bonds.